The Labute approximate surface area is 204 Å². The van der Waals surface area contributed by atoms with Crippen LogP contribution in [-0.4, -0.2) is 37.4 Å². The summed E-state index contributed by atoms with van der Waals surface area (Å²) < 4.78 is 32.1. The van der Waals surface area contributed by atoms with E-state index in [4.69, 9.17) is 4.74 Å². The zero-order chi connectivity index (χ0) is 24.9. The molecule has 1 amide bonds. The van der Waals surface area contributed by atoms with Crippen molar-refractivity contribution in [2.24, 2.45) is 4.36 Å². The molecule has 2 aromatic rings. The van der Waals surface area contributed by atoms with Crippen LogP contribution in [0.5, 0.6) is 5.75 Å². The van der Waals surface area contributed by atoms with Gasteiger partial charge in [0, 0.05) is 30.1 Å². The highest BCUT2D eigenvalue weighted by Crippen LogP contribution is 2.34. The quantitative estimate of drug-likeness (QED) is 0.579. The van der Waals surface area contributed by atoms with Gasteiger partial charge < -0.3 is 10.1 Å². The van der Waals surface area contributed by atoms with Crippen LogP contribution in [-0.2, 0) is 21.8 Å². The van der Waals surface area contributed by atoms with Gasteiger partial charge in [-0.25, -0.2) is 0 Å². The molecule has 0 spiro atoms. The van der Waals surface area contributed by atoms with Crippen molar-refractivity contribution >= 4 is 16.4 Å². The Bertz CT molecular complexity index is 1120. The molecule has 8 heteroatoms. The van der Waals surface area contributed by atoms with Crippen LogP contribution in [0.25, 0.3) is 0 Å². The van der Waals surface area contributed by atoms with Crippen LogP contribution >= 0.6 is 0 Å². The van der Waals surface area contributed by atoms with Crippen molar-refractivity contribution in [3.05, 3.63) is 65.2 Å². The first-order valence-corrected chi connectivity index (χ1v) is 12.7. The van der Waals surface area contributed by atoms with Crippen LogP contribution in [0, 0.1) is 0 Å². The van der Waals surface area contributed by atoms with Crippen LogP contribution < -0.4 is 10.1 Å². The molecule has 1 aliphatic heterocycles. The molecule has 2 unspecified atom stereocenters. The first kappa shape index (κ1) is 25.9. The maximum Gasteiger partial charge on any atom is 0.311 e. The Morgan fingerprint density at radius 3 is 2.50 bits per heavy atom. The first-order valence-electron chi connectivity index (χ1n) is 11.7. The molecular formula is C26H35N3O4S. The summed E-state index contributed by atoms with van der Waals surface area (Å²) in [5, 5.41) is 3.06. The van der Waals surface area contributed by atoms with Gasteiger partial charge in [-0.1, -0.05) is 42.5 Å². The zero-order valence-corrected chi connectivity index (χ0v) is 21.4. The summed E-state index contributed by atoms with van der Waals surface area (Å²) in [7, 11) is -2.60. The lowest BCUT2D eigenvalue weighted by molar-refractivity contribution is -0.122. The Morgan fingerprint density at radius 2 is 1.88 bits per heavy atom. The predicted molar refractivity (Wildman–Crippen MR) is 133 cm³/mol. The fraction of sp³-hybridized carbons (Fsp3) is 0.500. The van der Waals surface area contributed by atoms with Gasteiger partial charge >= 0.3 is 10.5 Å². The molecule has 7 nitrogen and oxygen atoms in total. The number of rotatable bonds is 8. The fourth-order valence-electron chi connectivity index (χ4n) is 4.50. The predicted octanol–water partition coefficient (Wildman–Crippen LogP) is 4.83. The smallest absolute Gasteiger partial charge is 0.311 e. The monoisotopic (exact) mass is 485 g/mol. The summed E-state index contributed by atoms with van der Waals surface area (Å²) in [6.45, 7) is 12.3. The van der Waals surface area contributed by atoms with Crippen LogP contribution in [0.2, 0.25) is 0 Å². The molecule has 0 saturated heterocycles. The van der Waals surface area contributed by atoms with Gasteiger partial charge in [-0.15, -0.1) is 0 Å². The van der Waals surface area contributed by atoms with Gasteiger partial charge in [0.15, 0.2) is 0 Å². The molecule has 0 radical (unpaired) electrons. The highest BCUT2D eigenvalue weighted by molar-refractivity contribution is 7.61. The Kier molecular flexibility index (Phi) is 8.49. The maximum atomic E-state index is 12.9. The molecule has 2 aromatic carbocycles. The molecule has 1 N–H and O–H groups in total. The van der Waals surface area contributed by atoms with Gasteiger partial charge in [0.25, 0.3) is 0 Å². The summed E-state index contributed by atoms with van der Waals surface area (Å²) in [4.78, 5) is 15.3. The number of nitrogens with one attached hydrogen (secondary N) is 1. The number of nitrogens with zero attached hydrogens (tertiary/aromatic N) is 2. The van der Waals surface area contributed by atoms with Gasteiger partial charge in [0.1, 0.15) is 11.8 Å². The van der Waals surface area contributed by atoms with Crippen LogP contribution in [0.1, 0.15) is 76.2 Å². The average molecular weight is 486 g/mol. The lowest BCUT2D eigenvalue weighted by atomic mass is 9.96. The Hall–Kier alpha value is -2.71. The second kappa shape index (κ2) is 11.1. The van der Waals surface area contributed by atoms with Gasteiger partial charge in [-0.3, -0.25) is 9.69 Å². The second-order valence-electron chi connectivity index (χ2n) is 9.98. The van der Waals surface area contributed by atoms with E-state index in [1.165, 1.54) is 0 Å². The van der Waals surface area contributed by atoms with E-state index in [1.54, 1.807) is 24.3 Å². The summed E-state index contributed by atoms with van der Waals surface area (Å²) in [6, 6.07) is 14.6. The third kappa shape index (κ3) is 6.90. The van der Waals surface area contributed by atoms with Crippen molar-refractivity contribution in [1.82, 2.24) is 10.2 Å². The Morgan fingerprint density at radius 1 is 1.18 bits per heavy atom. The van der Waals surface area contributed by atoms with Crippen molar-refractivity contribution in [3.8, 4) is 5.75 Å². The normalized spacial score (nSPS) is 16.5. The number of ether oxygens (including phenoxy) is 1. The summed E-state index contributed by atoms with van der Waals surface area (Å²) in [5.74, 6) is 0.542. The second-order valence-corrected chi connectivity index (χ2v) is 10.6. The van der Waals surface area contributed by atoms with Crippen molar-refractivity contribution in [3.63, 3.8) is 0 Å². The Balaban J connectivity index is 1.74. The minimum atomic E-state index is -2.60. The molecule has 34 heavy (non-hydrogen) atoms. The van der Waals surface area contributed by atoms with Crippen molar-refractivity contribution in [1.29, 1.82) is 0 Å². The van der Waals surface area contributed by atoms with E-state index >= 15 is 0 Å². The molecule has 2 atom stereocenters. The number of fused-ring (bicyclic) bond motifs is 1. The number of carbonyl (C=O) groups is 1. The zero-order valence-electron chi connectivity index (χ0n) is 20.6. The minimum absolute atomic E-state index is 0.0372. The molecule has 0 fully saturated rings. The van der Waals surface area contributed by atoms with Crippen LogP contribution in [0.15, 0.2) is 52.9 Å². The average Bonchev–Trinajstić information content (AvgIpc) is 2.76. The highest BCUT2D eigenvalue weighted by atomic mass is 32.2. The molecule has 0 aromatic heterocycles. The molecule has 3 rings (SSSR count). The molecule has 0 saturated carbocycles. The molecule has 184 valence electrons. The van der Waals surface area contributed by atoms with Crippen molar-refractivity contribution in [2.75, 3.05) is 6.61 Å². The van der Waals surface area contributed by atoms with Crippen LogP contribution in [0.4, 0.5) is 0 Å². The fourth-order valence-corrected chi connectivity index (χ4v) is 4.90. The van der Waals surface area contributed by atoms with Crippen molar-refractivity contribution < 1.29 is 17.9 Å². The SMILES string of the molecule is CC(C)N(Cc1ccc2c(c1)OCCC2NC(=O)CC(N=S(=O)=O)c1ccccc1)C(C)(C)C. The van der Waals surface area contributed by atoms with Gasteiger partial charge in [-0.05, 0) is 51.8 Å². The molecule has 1 heterocycles. The number of carbonyl (C=O) groups excluding carboxylic acids is 1. The number of amides is 1. The van der Waals surface area contributed by atoms with E-state index < -0.39 is 16.5 Å². The van der Waals surface area contributed by atoms with Crippen molar-refractivity contribution in [2.45, 2.75) is 77.7 Å². The van der Waals surface area contributed by atoms with E-state index in [1.807, 2.05) is 12.1 Å². The topological polar surface area (TPSA) is 88.1 Å². The third-order valence-corrected chi connectivity index (χ3v) is 6.49. The van der Waals surface area contributed by atoms with E-state index in [2.05, 4.69) is 61.3 Å². The largest absolute Gasteiger partial charge is 0.493 e. The van der Waals surface area contributed by atoms with Gasteiger partial charge in [0.2, 0.25) is 5.91 Å². The minimum Gasteiger partial charge on any atom is -0.493 e. The summed E-state index contributed by atoms with van der Waals surface area (Å²) in [5.41, 5.74) is 2.83. The van der Waals surface area contributed by atoms with E-state index in [9.17, 15) is 13.2 Å². The van der Waals surface area contributed by atoms with Gasteiger partial charge in [0.05, 0.1) is 19.1 Å². The standard InChI is InChI=1S/C26H35N3O4S/c1-18(2)29(26(3,4)5)17-19-11-12-21-22(13-14-33-24(21)15-19)27-25(30)16-23(28-34(31)32)20-9-7-6-8-10-20/h6-12,15,18,22-23H,13-14,16-17H2,1-5H3,(H,27,30). The van der Waals surface area contributed by atoms with Crippen LogP contribution in [0.3, 0.4) is 0 Å². The molecule has 1 aliphatic rings. The summed E-state index contributed by atoms with van der Waals surface area (Å²) >= 11 is 0. The number of benzene rings is 2. The van der Waals surface area contributed by atoms with E-state index in [0.29, 0.717) is 24.6 Å². The lowest BCUT2D eigenvalue weighted by Gasteiger charge is -2.39. The molecular weight excluding hydrogens is 450 g/mol. The number of hydrogen-bond donors (Lipinski definition) is 1. The van der Waals surface area contributed by atoms with Gasteiger partial charge in [-0.2, -0.15) is 12.8 Å². The first-order chi connectivity index (χ1) is 16.0. The molecule has 0 aliphatic carbocycles. The highest BCUT2D eigenvalue weighted by Gasteiger charge is 2.27. The molecule has 0 bridgehead atoms. The van der Waals surface area contributed by atoms with E-state index in [-0.39, 0.29) is 23.9 Å². The third-order valence-electron chi connectivity index (χ3n) is 6.07. The van der Waals surface area contributed by atoms with E-state index in [0.717, 1.165) is 23.4 Å². The lowest BCUT2D eigenvalue weighted by Crippen LogP contribution is -2.45. The maximum absolute atomic E-state index is 12.9. The summed E-state index contributed by atoms with van der Waals surface area (Å²) in [6.07, 6.45) is 0.608. The number of hydrogen-bond acceptors (Lipinski definition) is 6.